The van der Waals surface area contributed by atoms with Gasteiger partial charge in [-0.3, -0.25) is 4.57 Å². The molecule has 1 N–H and O–H groups in total. The quantitative estimate of drug-likeness (QED) is 0.676. The first-order valence-electron chi connectivity index (χ1n) is 6.13. The van der Waals surface area contributed by atoms with Gasteiger partial charge in [0.2, 0.25) is 0 Å². The summed E-state index contributed by atoms with van der Waals surface area (Å²) in [6.45, 7) is 1.77. The Hall–Kier alpha value is -2.15. The molecule has 0 saturated heterocycles. The number of benzene rings is 1. The van der Waals surface area contributed by atoms with Crippen LogP contribution in [0.3, 0.4) is 0 Å². The summed E-state index contributed by atoms with van der Waals surface area (Å²) in [6.07, 6.45) is -4.46. The third kappa shape index (κ3) is 2.33. The summed E-state index contributed by atoms with van der Waals surface area (Å²) in [5, 5.41) is 0. The maximum Gasteiger partial charge on any atom is 0.418 e. The maximum atomic E-state index is 13.2. The van der Waals surface area contributed by atoms with Gasteiger partial charge < -0.3 is 4.98 Å². The molecule has 0 atom stereocenters. The minimum atomic E-state index is -4.46. The van der Waals surface area contributed by atoms with Crippen molar-refractivity contribution in [1.82, 2.24) is 14.5 Å². The van der Waals surface area contributed by atoms with Crippen molar-refractivity contribution in [3.8, 4) is 5.69 Å². The van der Waals surface area contributed by atoms with Gasteiger partial charge in [0, 0.05) is 5.69 Å². The molecule has 0 unspecified atom stereocenters. The molecule has 0 aliphatic rings. The highest BCUT2D eigenvalue weighted by Gasteiger charge is 2.34. The van der Waals surface area contributed by atoms with Crippen LogP contribution < -0.4 is 0 Å². The average Bonchev–Trinajstić information content (AvgIpc) is 2.73. The van der Waals surface area contributed by atoms with E-state index < -0.39 is 11.7 Å². The number of aryl methyl sites for hydroxylation is 1. The lowest BCUT2D eigenvalue weighted by Gasteiger charge is -2.13. The second kappa shape index (κ2) is 4.70. The van der Waals surface area contributed by atoms with Gasteiger partial charge >= 0.3 is 6.18 Å². The Morgan fingerprint density at radius 3 is 2.57 bits per heavy atom. The molecule has 3 rings (SSSR count). The van der Waals surface area contributed by atoms with E-state index in [0.717, 1.165) is 6.07 Å². The number of alkyl halides is 3. The molecule has 0 spiro atoms. The molecule has 0 saturated carbocycles. The SMILES string of the molecule is Cc1ccc2[nH]c(=S)n(-c3ccccc3C(F)(F)F)c2n1. The Balaban J connectivity index is 2.39. The van der Waals surface area contributed by atoms with Crippen molar-refractivity contribution in [2.24, 2.45) is 0 Å². The normalized spacial score (nSPS) is 12.0. The van der Waals surface area contributed by atoms with Crippen LogP contribution in [0.15, 0.2) is 36.4 Å². The first-order chi connectivity index (χ1) is 9.88. The van der Waals surface area contributed by atoms with Crippen molar-refractivity contribution < 1.29 is 13.2 Å². The van der Waals surface area contributed by atoms with Crippen molar-refractivity contribution in [3.05, 3.63) is 52.4 Å². The summed E-state index contributed by atoms with van der Waals surface area (Å²) in [5.74, 6) is 0. The largest absolute Gasteiger partial charge is 0.418 e. The standard InChI is InChI=1S/C14H10F3N3S/c1-8-6-7-10-12(18-8)20(13(21)19-10)11-5-3-2-4-9(11)14(15,16)17/h2-7H,1H3,(H,19,21). The van der Waals surface area contributed by atoms with Crippen molar-refractivity contribution in [2.75, 3.05) is 0 Å². The van der Waals surface area contributed by atoms with Crippen molar-refractivity contribution in [1.29, 1.82) is 0 Å². The molecule has 3 aromatic rings. The third-order valence-electron chi connectivity index (χ3n) is 3.12. The van der Waals surface area contributed by atoms with E-state index in [1.165, 1.54) is 16.7 Å². The predicted molar refractivity (Wildman–Crippen MR) is 76.0 cm³/mol. The van der Waals surface area contributed by atoms with Gasteiger partial charge in [-0.2, -0.15) is 13.2 Å². The molecule has 108 valence electrons. The van der Waals surface area contributed by atoms with E-state index in [1.54, 1.807) is 25.1 Å². The van der Waals surface area contributed by atoms with Crippen LogP contribution in [0.25, 0.3) is 16.9 Å². The number of halogens is 3. The molecule has 0 amide bonds. The van der Waals surface area contributed by atoms with E-state index in [9.17, 15) is 13.2 Å². The summed E-state index contributed by atoms with van der Waals surface area (Å²) >= 11 is 5.16. The molecule has 21 heavy (non-hydrogen) atoms. The van der Waals surface area contributed by atoms with Gasteiger partial charge in [-0.25, -0.2) is 4.98 Å². The zero-order valence-electron chi connectivity index (χ0n) is 10.9. The van der Waals surface area contributed by atoms with Gasteiger partial charge in [0.1, 0.15) is 0 Å². The molecule has 7 heteroatoms. The summed E-state index contributed by atoms with van der Waals surface area (Å²) in [7, 11) is 0. The number of nitrogens with zero attached hydrogens (tertiary/aromatic N) is 2. The highest BCUT2D eigenvalue weighted by atomic mass is 32.1. The number of hydrogen-bond donors (Lipinski definition) is 1. The van der Waals surface area contributed by atoms with Crippen LogP contribution in [0.1, 0.15) is 11.3 Å². The highest BCUT2D eigenvalue weighted by Crippen LogP contribution is 2.34. The molecule has 0 aliphatic carbocycles. The number of imidazole rings is 1. The third-order valence-corrected chi connectivity index (χ3v) is 3.41. The van der Waals surface area contributed by atoms with Crippen LogP contribution >= 0.6 is 12.2 Å². The molecule has 0 fully saturated rings. The molecule has 2 aromatic heterocycles. The lowest BCUT2D eigenvalue weighted by molar-refractivity contribution is -0.137. The van der Waals surface area contributed by atoms with E-state index in [-0.39, 0.29) is 10.5 Å². The van der Waals surface area contributed by atoms with Gasteiger partial charge in [0.25, 0.3) is 0 Å². The van der Waals surface area contributed by atoms with Gasteiger partial charge in [-0.1, -0.05) is 12.1 Å². The van der Waals surface area contributed by atoms with Crippen molar-refractivity contribution in [2.45, 2.75) is 13.1 Å². The van der Waals surface area contributed by atoms with Crippen LogP contribution in [-0.4, -0.2) is 14.5 Å². The van der Waals surface area contributed by atoms with Crippen LogP contribution in [0.2, 0.25) is 0 Å². The van der Waals surface area contributed by atoms with E-state index in [0.29, 0.717) is 16.9 Å². The fraction of sp³-hybridized carbons (Fsp3) is 0.143. The van der Waals surface area contributed by atoms with E-state index in [1.807, 2.05) is 0 Å². The lowest BCUT2D eigenvalue weighted by Crippen LogP contribution is -2.11. The summed E-state index contributed by atoms with van der Waals surface area (Å²) in [5.41, 5.74) is 0.915. The van der Waals surface area contributed by atoms with Crippen LogP contribution in [0.5, 0.6) is 0 Å². The molecule has 1 aromatic carbocycles. The fourth-order valence-electron chi connectivity index (χ4n) is 2.21. The summed E-state index contributed by atoms with van der Waals surface area (Å²) in [6, 6.07) is 8.83. The monoisotopic (exact) mass is 309 g/mol. The zero-order valence-corrected chi connectivity index (χ0v) is 11.7. The number of aromatic nitrogens is 3. The Morgan fingerprint density at radius 1 is 1.14 bits per heavy atom. The van der Waals surface area contributed by atoms with Crippen molar-refractivity contribution >= 4 is 23.4 Å². The topological polar surface area (TPSA) is 33.6 Å². The smallest absolute Gasteiger partial charge is 0.329 e. The number of H-pyrrole nitrogens is 1. The van der Waals surface area contributed by atoms with E-state index >= 15 is 0 Å². The molecule has 0 bridgehead atoms. The van der Waals surface area contributed by atoms with Crippen molar-refractivity contribution in [3.63, 3.8) is 0 Å². The second-order valence-corrected chi connectivity index (χ2v) is 4.99. The first-order valence-corrected chi connectivity index (χ1v) is 6.54. The van der Waals surface area contributed by atoms with Gasteiger partial charge in [0.05, 0.1) is 16.8 Å². The fourth-order valence-corrected chi connectivity index (χ4v) is 2.50. The number of fused-ring (bicyclic) bond motifs is 1. The van der Waals surface area contributed by atoms with Crippen LogP contribution in [0, 0.1) is 11.7 Å². The number of hydrogen-bond acceptors (Lipinski definition) is 2. The average molecular weight is 309 g/mol. The molecular formula is C14H10F3N3S. The molecule has 0 radical (unpaired) electrons. The molecule has 3 nitrogen and oxygen atoms in total. The van der Waals surface area contributed by atoms with Crippen LogP contribution in [0.4, 0.5) is 13.2 Å². The lowest BCUT2D eigenvalue weighted by atomic mass is 10.1. The Kier molecular flexibility index (Phi) is 3.09. The van der Waals surface area contributed by atoms with Gasteiger partial charge in [-0.15, -0.1) is 0 Å². The van der Waals surface area contributed by atoms with E-state index in [4.69, 9.17) is 12.2 Å². The molecule has 0 aliphatic heterocycles. The Bertz CT molecular complexity index is 877. The predicted octanol–water partition coefficient (Wildman–Crippen LogP) is 4.41. The number of aromatic amines is 1. The van der Waals surface area contributed by atoms with Gasteiger partial charge in [0.15, 0.2) is 10.4 Å². The number of rotatable bonds is 1. The second-order valence-electron chi connectivity index (χ2n) is 4.60. The highest BCUT2D eigenvalue weighted by molar-refractivity contribution is 7.71. The molecule has 2 heterocycles. The first kappa shape index (κ1) is 13.8. The zero-order chi connectivity index (χ0) is 15.2. The van der Waals surface area contributed by atoms with Gasteiger partial charge in [-0.05, 0) is 43.4 Å². The number of pyridine rings is 1. The minimum Gasteiger partial charge on any atom is -0.329 e. The Labute approximate surface area is 123 Å². The summed E-state index contributed by atoms with van der Waals surface area (Å²) in [4.78, 5) is 7.17. The van der Waals surface area contributed by atoms with Crippen LogP contribution in [-0.2, 0) is 6.18 Å². The summed E-state index contributed by atoms with van der Waals surface area (Å²) < 4.78 is 41.0. The Morgan fingerprint density at radius 2 is 1.86 bits per heavy atom. The van der Waals surface area contributed by atoms with E-state index in [2.05, 4.69) is 9.97 Å². The molecular weight excluding hydrogens is 299 g/mol. The number of para-hydroxylation sites is 1. The number of nitrogens with one attached hydrogen (secondary N) is 1. The minimum absolute atomic E-state index is 0.0284. The maximum absolute atomic E-state index is 13.2.